The molecular formula is C38H37Cl4N5O5S. The van der Waals surface area contributed by atoms with Crippen LogP contribution in [-0.4, -0.2) is 59.6 Å². The number of likely N-dealkylation sites (tertiary alicyclic amines) is 1. The van der Waals surface area contributed by atoms with Crippen LogP contribution in [0.25, 0.3) is 10.9 Å². The zero-order chi connectivity index (χ0) is 37.5. The summed E-state index contributed by atoms with van der Waals surface area (Å²) in [6, 6.07) is 18.2. The Morgan fingerprint density at radius 1 is 1.00 bits per heavy atom. The molecule has 3 aromatic carbocycles. The van der Waals surface area contributed by atoms with Gasteiger partial charge in [-0.25, -0.2) is 8.42 Å². The number of carbonyl (C=O) groups excluding carboxylic acids is 1. The molecule has 1 amide bonds. The van der Waals surface area contributed by atoms with Gasteiger partial charge in [0.2, 0.25) is 5.91 Å². The van der Waals surface area contributed by atoms with Gasteiger partial charge in [0.25, 0.3) is 10.0 Å². The third-order valence-electron chi connectivity index (χ3n) is 10.6. The van der Waals surface area contributed by atoms with E-state index in [0.717, 1.165) is 55.8 Å². The lowest BCUT2D eigenvalue weighted by Crippen LogP contribution is -2.65. The van der Waals surface area contributed by atoms with Crippen molar-refractivity contribution in [2.45, 2.75) is 73.4 Å². The summed E-state index contributed by atoms with van der Waals surface area (Å²) in [4.78, 5) is 18.4. The van der Waals surface area contributed by atoms with Gasteiger partial charge in [0.1, 0.15) is 16.7 Å². The Bertz CT molecular complexity index is 2180. The number of pyridine rings is 1. The zero-order valence-electron chi connectivity index (χ0n) is 28.5. The second kappa shape index (κ2) is 15.1. The van der Waals surface area contributed by atoms with E-state index in [0.29, 0.717) is 35.7 Å². The number of carbonyl (C=O) groups is 1. The molecule has 278 valence electrons. The first-order valence-corrected chi connectivity index (χ1v) is 20.4. The van der Waals surface area contributed by atoms with E-state index in [2.05, 4.69) is 21.1 Å². The number of aromatic nitrogens is 1. The van der Waals surface area contributed by atoms with Crippen LogP contribution in [0, 0.1) is 23.2 Å². The smallest absolute Gasteiger partial charge is 0.263 e. The quantitative estimate of drug-likeness (QED) is 0.160. The number of hydrogen-bond acceptors (Lipinski definition) is 8. The minimum Gasteiger partial charge on any atom is -0.453 e. The molecule has 0 radical (unpaired) electrons. The predicted molar refractivity (Wildman–Crippen MR) is 206 cm³/mol. The van der Waals surface area contributed by atoms with Gasteiger partial charge in [0.05, 0.1) is 50.7 Å². The first-order chi connectivity index (χ1) is 25.2. The molecular weight excluding hydrogens is 780 g/mol. The molecule has 1 aliphatic heterocycles. The number of ether oxygens (including phenoxy) is 1. The topological polar surface area (TPSA) is 145 Å². The Labute approximate surface area is 328 Å². The zero-order valence-corrected chi connectivity index (χ0v) is 32.3. The number of benzene rings is 3. The number of halogens is 4. The van der Waals surface area contributed by atoms with Crippen molar-refractivity contribution >= 4 is 78.9 Å². The molecule has 15 heteroatoms. The van der Waals surface area contributed by atoms with Crippen LogP contribution in [0.1, 0.15) is 51.4 Å². The molecule has 53 heavy (non-hydrogen) atoms. The van der Waals surface area contributed by atoms with Gasteiger partial charge in [0, 0.05) is 22.5 Å². The molecule has 2 heterocycles. The molecule has 4 saturated carbocycles. The summed E-state index contributed by atoms with van der Waals surface area (Å²) in [5.41, 5.74) is 0.418. The third kappa shape index (κ3) is 8.35. The molecule has 1 saturated heterocycles. The van der Waals surface area contributed by atoms with E-state index in [9.17, 15) is 18.3 Å². The molecule has 9 rings (SSSR count). The average molecular weight is 818 g/mol. The summed E-state index contributed by atoms with van der Waals surface area (Å²) in [7, 11) is -4.00. The van der Waals surface area contributed by atoms with Crippen LogP contribution >= 0.6 is 46.4 Å². The number of para-hydroxylation sites is 1. The SMILES string of the molecule is N#C[C@@H]1CCCN1C(=O)CNC12C[C@@H]3C[C@@H](CC(O)(C3)C1)C2.O=S(=O)(Nc1cc(Cl)c(Oc2cnc3ccccc3c2)c(Cl)c1)c1ccc(Cl)cc1Cl. The van der Waals surface area contributed by atoms with Crippen molar-refractivity contribution in [2.24, 2.45) is 11.8 Å². The number of sulfonamides is 1. The first-order valence-electron chi connectivity index (χ1n) is 17.4. The number of fused-ring (bicyclic) bond motifs is 1. The standard InChI is InChI=1S/C21H12Cl4N2O3S.C17H25N3O2/c22-13-5-6-20(16(23)8-13)31(28,29)27-14-9-17(24)21(18(25)10-14)30-15-7-12-3-1-2-4-19(12)26-11-15;18-9-14-2-1-3-20(14)15(21)10-19-16-5-12-4-13(6-16)8-17(22,7-12)11-16/h1-11,27H;12-14,19,22H,1-8,10-11H2/t;12-,13+,14-,16?,17?/m.0/s1. The van der Waals surface area contributed by atoms with Gasteiger partial charge in [-0.3, -0.25) is 14.5 Å². The highest BCUT2D eigenvalue weighted by molar-refractivity contribution is 7.92. The molecule has 0 spiro atoms. The highest BCUT2D eigenvalue weighted by Crippen LogP contribution is 2.57. The van der Waals surface area contributed by atoms with Crippen molar-refractivity contribution in [1.82, 2.24) is 15.2 Å². The fourth-order valence-electron chi connectivity index (χ4n) is 8.83. The lowest BCUT2D eigenvalue weighted by Gasteiger charge is -2.60. The van der Waals surface area contributed by atoms with Crippen LogP contribution in [0.4, 0.5) is 5.69 Å². The van der Waals surface area contributed by atoms with Crippen molar-refractivity contribution in [3.63, 3.8) is 0 Å². The van der Waals surface area contributed by atoms with Crippen molar-refractivity contribution < 1.29 is 23.1 Å². The second-order valence-electron chi connectivity index (χ2n) is 14.6. The van der Waals surface area contributed by atoms with E-state index in [1.54, 1.807) is 17.2 Å². The molecule has 1 aromatic heterocycles. The van der Waals surface area contributed by atoms with Gasteiger partial charge in [-0.15, -0.1) is 0 Å². The van der Waals surface area contributed by atoms with Gasteiger partial charge in [-0.1, -0.05) is 64.6 Å². The fourth-order valence-corrected chi connectivity index (χ4v) is 11.2. The molecule has 5 atom stereocenters. The highest BCUT2D eigenvalue weighted by Gasteiger charge is 2.57. The average Bonchev–Trinajstić information content (AvgIpc) is 3.57. The molecule has 3 N–H and O–H groups in total. The Balaban J connectivity index is 0.000000173. The second-order valence-corrected chi connectivity index (χ2v) is 17.9. The first kappa shape index (κ1) is 38.0. The van der Waals surface area contributed by atoms with Crippen LogP contribution in [0.15, 0.2) is 71.8 Å². The molecule has 4 bridgehead atoms. The highest BCUT2D eigenvalue weighted by atomic mass is 35.5. The van der Waals surface area contributed by atoms with Gasteiger partial charge in [0.15, 0.2) is 5.75 Å². The van der Waals surface area contributed by atoms with Crippen LogP contribution < -0.4 is 14.8 Å². The summed E-state index contributed by atoms with van der Waals surface area (Å²) in [5, 5.41) is 24.8. The number of nitriles is 1. The monoisotopic (exact) mass is 815 g/mol. The van der Waals surface area contributed by atoms with Crippen molar-refractivity contribution in [2.75, 3.05) is 17.8 Å². The van der Waals surface area contributed by atoms with Crippen LogP contribution in [0.5, 0.6) is 11.5 Å². The van der Waals surface area contributed by atoms with E-state index >= 15 is 0 Å². The number of aliphatic hydroxyl groups is 1. The lowest BCUT2D eigenvalue weighted by molar-refractivity contribution is -0.147. The Hall–Kier alpha value is -3.34. The lowest BCUT2D eigenvalue weighted by atomic mass is 9.51. The van der Waals surface area contributed by atoms with Crippen molar-refractivity contribution in [1.29, 1.82) is 5.26 Å². The van der Waals surface area contributed by atoms with E-state index in [-0.39, 0.29) is 48.9 Å². The molecule has 5 fully saturated rings. The van der Waals surface area contributed by atoms with E-state index < -0.39 is 15.6 Å². The van der Waals surface area contributed by atoms with Crippen LogP contribution in [0.2, 0.25) is 20.1 Å². The molecule has 10 nitrogen and oxygen atoms in total. The minimum atomic E-state index is -4.00. The normalized spacial score (nSPS) is 25.8. The number of nitrogens with one attached hydrogen (secondary N) is 2. The summed E-state index contributed by atoms with van der Waals surface area (Å²) < 4.78 is 33.6. The molecule has 5 aliphatic rings. The molecule has 4 aromatic rings. The van der Waals surface area contributed by atoms with Gasteiger partial charge in [-0.05, 0) is 106 Å². The fraction of sp³-hybridized carbons (Fsp3) is 0.395. The van der Waals surface area contributed by atoms with Gasteiger partial charge in [-0.2, -0.15) is 5.26 Å². The Morgan fingerprint density at radius 2 is 1.72 bits per heavy atom. The van der Waals surface area contributed by atoms with Crippen LogP contribution in [0.3, 0.4) is 0 Å². The Morgan fingerprint density at radius 3 is 2.40 bits per heavy atom. The maximum absolute atomic E-state index is 12.7. The number of anilines is 1. The maximum Gasteiger partial charge on any atom is 0.263 e. The van der Waals surface area contributed by atoms with Crippen LogP contribution in [-0.2, 0) is 14.8 Å². The van der Waals surface area contributed by atoms with E-state index in [1.165, 1.54) is 36.8 Å². The third-order valence-corrected chi connectivity index (χ3v) is 13.2. The van der Waals surface area contributed by atoms with Crippen molar-refractivity contribution in [3.8, 4) is 17.6 Å². The number of amides is 1. The van der Waals surface area contributed by atoms with E-state index in [4.69, 9.17) is 56.4 Å². The number of rotatable bonds is 8. The Kier molecular flexibility index (Phi) is 10.8. The summed E-state index contributed by atoms with van der Waals surface area (Å²) in [6.45, 7) is 1.02. The van der Waals surface area contributed by atoms with E-state index in [1.807, 2.05) is 24.3 Å². The number of nitrogens with zero attached hydrogens (tertiary/aromatic N) is 3. The maximum atomic E-state index is 12.7. The number of hydrogen-bond donors (Lipinski definition) is 3. The summed E-state index contributed by atoms with van der Waals surface area (Å²) in [6.07, 6.45) is 9.42. The summed E-state index contributed by atoms with van der Waals surface area (Å²) in [5.74, 6) is 1.89. The van der Waals surface area contributed by atoms with Gasteiger partial charge < -0.3 is 20.1 Å². The van der Waals surface area contributed by atoms with Gasteiger partial charge >= 0.3 is 0 Å². The largest absolute Gasteiger partial charge is 0.453 e. The predicted octanol–water partition coefficient (Wildman–Crippen LogP) is 8.62. The minimum absolute atomic E-state index is 0.0130. The molecule has 2 unspecified atom stereocenters. The molecule has 4 aliphatic carbocycles. The summed E-state index contributed by atoms with van der Waals surface area (Å²) >= 11 is 24.5. The van der Waals surface area contributed by atoms with Crippen molar-refractivity contribution in [3.05, 3.63) is 87.0 Å².